The Bertz CT molecular complexity index is 967. The average Bonchev–Trinajstić information content (AvgIpc) is 3.13. The zero-order valence-corrected chi connectivity index (χ0v) is 17.0. The summed E-state index contributed by atoms with van der Waals surface area (Å²) in [6.07, 6.45) is 0.726. The lowest BCUT2D eigenvalue weighted by molar-refractivity contribution is 0.0938. The van der Waals surface area contributed by atoms with Crippen LogP contribution in [0, 0.1) is 13.8 Å². The molecule has 3 aromatic rings. The topological polar surface area (TPSA) is 69.0 Å². The molecule has 0 aliphatic heterocycles. The van der Waals surface area contributed by atoms with Crippen LogP contribution in [-0.2, 0) is 4.74 Å². The number of hydrogen-bond donors (Lipinski definition) is 1. The van der Waals surface area contributed by atoms with Gasteiger partial charge in [-0.05, 0) is 61.7 Å². The first-order chi connectivity index (χ1) is 13.5. The molecule has 0 spiro atoms. The minimum absolute atomic E-state index is 0.128. The van der Waals surface area contributed by atoms with Gasteiger partial charge in [0.25, 0.3) is 5.91 Å². The van der Waals surface area contributed by atoms with E-state index in [1.165, 1.54) is 0 Å². The van der Waals surface area contributed by atoms with Gasteiger partial charge in [-0.2, -0.15) is 0 Å². The van der Waals surface area contributed by atoms with Gasteiger partial charge in [0, 0.05) is 30.8 Å². The van der Waals surface area contributed by atoms with E-state index in [0.29, 0.717) is 24.0 Å². The number of nitrogens with one attached hydrogen (secondary N) is 1. The monoisotopic (exact) mass is 398 g/mol. The molecular formula is C21H23ClN4O2. The number of aromatic nitrogens is 3. The zero-order valence-electron chi connectivity index (χ0n) is 16.2. The third-order valence-corrected chi connectivity index (χ3v) is 4.57. The van der Waals surface area contributed by atoms with Crippen LogP contribution in [0.1, 0.15) is 28.2 Å². The molecule has 0 atom stereocenters. The molecule has 146 valence electrons. The van der Waals surface area contributed by atoms with E-state index in [4.69, 9.17) is 16.3 Å². The number of carbonyl (C=O) groups excluding carboxylic acids is 1. The van der Waals surface area contributed by atoms with Crippen LogP contribution in [0.2, 0.25) is 5.02 Å². The van der Waals surface area contributed by atoms with Gasteiger partial charge >= 0.3 is 0 Å². The first-order valence-electron chi connectivity index (χ1n) is 9.07. The van der Waals surface area contributed by atoms with Gasteiger partial charge in [0.1, 0.15) is 0 Å². The van der Waals surface area contributed by atoms with Gasteiger partial charge in [0.2, 0.25) is 5.82 Å². The average molecular weight is 399 g/mol. The van der Waals surface area contributed by atoms with Crippen molar-refractivity contribution in [2.45, 2.75) is 20.3 Å². The smallest absolute Gasteiger partial charge is 0.290 e. The molecular weight excluding hydrogens is 376 g/mol. The van der Waals surface area contributed by atoms with Crippen LogP contribution < -0.4 is 5.32 Å². The van der Waals surface area contributed by atoms with Gasteiger partial charge in [0.05, 0.1) is 5.69 Å². The molecule has 28 heavy (non-hydrogen) atoms. The summed E-state index contributed by atoms with van der Waals surface area (Å²) in [5.74, 6) is 0.408. The van der Waals surface area contributed by atoms with E-state index in [1.54, 1.807) is 23.9 Å². The molecule has 2 aromatic carbocycles. The van der Waals surface area contributed by atoms with Crippen LogP contribution >= 0.6 is 11.6 Å². The molecule has 0 radical (unpaired) electrons. The lowest BCUT2D eigenvalue weighted by Crippen LogP contribution is -2.26. The quantitative estimate of drug-likeness (QED) is 0.611. The number of halogens is 1. The molecule has 0 bridgehead atoms. The summed E-state index contributed by atoms with van der Waals surface area (Å²) in [4.78, 5) is 17.1. The molecule has 1 heterocycles. The van der Waals surface area contributed by atoms with Crippen LogP contribution in [0.5, 0.6) is 0 Å². The number of amides is 1. The fraction of sp³-hybridized carbons (Fsp3) is 0.286. The molecule has 0 saturated carbocycles. The third kappa shape index (κ3) is 4.58. The Hall–Kier alpha value is -2.70. The van der Waals surface area contributed by atoms with E-state index in [-0.39, 0.29) is 11.7 Å². The van der Waals surface area contributed by atoms with Gasteiger partial charge in [-0.15, -0.1) is 5.10 Å². The van der Waals surface area contributed by atoms with Crippen LogP contribution in [-0.4, -0.2) is 40.9 Å². The van der Waals surface area contributed by atoms with Gasteiger partial charge in [-0.3, -0.25) is 4.79 Å². The molecule has 0 unspecified atom stereocenters. The molecule has 0 saturated heterocycles. The number of ether oxygens (including phenoxy) is 1. The second-order valence-corrected chi connectivity index (χ2v) is 7.01. The van der Waals surface area contributed by atoms with E-state index in [1.807, 2.05) is 44.2 Å². The highest BCUT2D eigenvalue weighted by atomic mass is 35.5. The molecule has 0 aliphatic carbocycles. The lowest BCUT2D eigenvalue weighted by atomic mass is 10.1. The summed E-state index contributed by atoms with van der Waals surface area (Å²) in [6.45, 7) is 5.11. The van der Waals surface area contributed by atoms with Crippen molar-refractivity contribution in [3.8, 4) is 17.1 Å². The predicted molar refractivity (Wildman–Crippen MR) is 110 cm³/mol. The Morgan fingerprint density at radius 1 is 1.18 bits per heavy atom. The Balaban J connectivity index is 2.01. The van der Waals surface area contributed by atoms with Crippen molar-refractivity contribution in [3.63, 3.8) is 0 Å². The Morgan fingerprint density at radius 2 is 1.93 bits per heavy atom. The molecule has 1 N–H and O–H groups in total. The Labute approximate surface area is 169 Å². The predicted octanol–water partition coefficient (Wildman–Crippen LogP) is 3.97. The summed E-state index contributed by atoms with van der Waals surface area (Å²) in [6, 6.07) is 13.4. The molecule has 7 heteroatoms. The molecule has 3 rings (SSSR count). The largest absolute Gasteiger partial charge is 0.385 e. The molecule has 1 aromatic heterocycles. The second-order valence-electron chi connectivity index (χ2n) is 6.57. The van der Waals surface area contributed by atoms with Gasteiger partial charge in [0.15, 0.2) is 5.82 Å². The Morgan fingerprint density at radius 3 is 2.64 bits per heavy atom. The number of nitrogens with zero attached hydrogens (tertiary/aromatic N) is 3. The minimum Gasteiger partial charge on any atom is -0.385 e. The highest BCUT2D eigenvalue weighted by Gasteiger charge is 2.19. The molecule has 0 fully saturated rings. The van der Waals surface area contributed by atoms with Crippen LogP contribution in [0.25, 0.3) is 17.1 Å². The highest BCUT2D eigenvalue weighted by molar-refractivity contribution is 6.30. The van der Waals surface area contributed by atoms with Crippen LogP contribution in [0.15, 0.2) is 42.5 Å². The van der Waals surface area contributed by atoms with Crippen molar-refractivity contribution in [1.29, 1.82) is 0 Å². The number of benzene rings is 2. The maximum Gasteiger partial charge on any atom is 0.290 e. The molecule has 0 aliphatic rings. The minimum atomic E-state index is -0.310. The summed E-state index contributed by atoms with van der Waals surface area (Å²) in [5.41, 5.74) is 3.86. The van der Waals surface area contributed by atoms with Crippen molar-refractivity contribution in [3.05, 3.63) is 64.4 Å². The van der Waals surface area contributed by atoms with Gasteiger partial charge in [-0.1, -0.05) is 23.7 Å². The van der Waals surface area contributed by atoms with E-state index >= 15 is 0 Å². The molecule has 1 amide bonds. The van der Waals surface area contributed by atoms with Crippen molar-refractivity contribution in [2.24, 2.45) is 0 Å². The van der Waals surface area contributed by atoms with Crippen molar-refractivity contribution in [2.75, 3.05) is 20.3 Å². The fourth-order valence-corrected chi connectivity index (χ4v) is 2.93. The fourth-order valence-electron chi connectivity index (χ4n) is 2.81. The lowest BCUT2D eigenvalue weighted by Gasteiger charge is -2.10. The van der Waals surface area contributed by atoms with E-state index in [9.17, 15) is 4.79 Å². The summed E-state index contributed by atoms with van der Waals surface area (Å²) >= 11 is 6.02. The van der Waals surface area contributed by atoms with Crippen molar-refractivity contribution in [1.82, 2.24) is 20.1 Å². The maximum atomic E-state index is 12.5. The van der Waals surface area contributed by atoms with Crippen molar-refractivity contribution >= 4 is 17.5 Å². The van der Waals surface area contributed by atoms with Crippen LogP contribution in [0.4, 0.5) is 0 Å². The maximum absolute atomic E-state index is 12.5. The van der Waals surface area contributed by atoms with Crippen LogP contribution in [0.3, 0.4) is 0 Å². The highest BCUT2D eigenvalue weighted by Crippen LogP contribution is 2.25. The van der Waals surface area contributed by atoms with Gasteiger partial charge < -0.3 is 10.1 Å². The number of rotatable bonds is 7. The number of carbonyl (C=O) groups is 1. The first kappa shape index (κ1) is 20.0. The third-order valence-electron chi connectivity index (χ3n) is 4.32. The van der Waals surface area contributed by atoms with Gasteiger partial charge in [-0.25, -0.2) is 9.67 Å². The van der Waals surface area contributed by atoms with E-state index < -0.39 is 0 Å². The summed E-state index contributed by atoms with van der Waals surface area (Å²) in [7, 11) is 1.63. The molecule has 6 nitrogen and oxygen atoms in total. The normalized spacial score (nSPS) is 10.9. The Kier molecular flexibility index (Phi) is 6.44. The van der Waals surface area contributed by atoms with E-state index in [2.05, 4.69) is 15.4 Å². The summed E-state index contributed by atoms with van der Waals surface area (Å²) < 4.78 is 6.72. The van der Waals surface area contributed by atoms with E-state index in [0.717, 1.165) is 28.8 Å². The second kappa shape index (κ2) is 8.99. The number of hydrogen-bond acceptors (Lipinski definition) is 4. The number of aryl methyl sites for hydroxylation is 2. The number of methoxy groups -OCH3 is 1. The summed E-state index contributed by atoms with van der Waals surface area (Å²) in [5, 5.41) is 7.98. The zero-order chi connectivity index (χ0) is 20.1. The van der Waals surface area contributed by atoms with Crippen molar-refractivity contribution < 1.29 is 9.53 Å². The standard InChI is InChI=1S/C21H23ClN4O2/c1-14-5-6-15(2)18(13-14)26-20(16-7-9-17(22)10-8-16)24-19(25-26)21(27)23-11-4-12-28-3/h5-10,13H,4,11-12H2,1-3H3,(H,23,27). The SMILES string of the molecule is COCCCNC(=O)c1nc(-c2ccc(Cl)cc2)n(-c2cc(C)ccc2C)n1. The first-order valence-corrected chi connectivity index (χ1v) is 9.45.